The third-order valence-electron chi connectivity index (χ3n) is 7.89. The van der Waals surface area contributed by atoms with Gasteiger partial charge < -0.3 is 14.7 Å². The van der Waals surface area contributed by atoms with Crippen molar-refractivity contribution < 1.29 is 14.6 Å². The van der Waals surface area contributed by atoms with Crippen LogP contribution < -0.4 is 0 Å². The molecule has 0 aliphatic heterocycles. The molecule has 0 radical (unpaired) electrons. The van der Waals surface area contributed by atoms with Crippen molar-refractivity contribution in [3.8, 4) is 0 Å². The third kappa shape index (κ3) is 33.1. The lowest BCUT2D eigenvalue weighted by Crippen LogP contribution is -2.28. The van der Waals surface area contributed by atoms with E-state index in [4.69, 9.17) is 4.74 Å². The second-order valence-corrected chi connectivity index (χ2v) is 12.0. The third-order valence-corrected chi connectivity index (χ3v) is 7.89. The molecule has 1 N–H and O–H groups in total. The molecular formula is C38H71NO3. The monoisotopic (exact) mass is 590 g/mol. The van der Waals surface area contributed by atoms with E-state index in [1.165, 1.54) is 109 Å². The molecule has 0 aliphatic rings. The molecule has 0 atom stereocenters. The summed E-state index contributed by atoms with van der Waals surface area (Å²) < 4.78 is 5.35. The van der Waals surface area contributed by atoms with Gasteiger partial charge in [0.25, 0.3) is 0 Å². The van der Waals surface area contributed by atoms with Crippen molar-refractivity contribution in [1.29, 1.82) is 0 Å². The molecule has 0 spiro atoms. The molecule has 0 aromatic rings. The number of carbonyl (C=O) groups excluding carboxylic acids is 1. The van der Waals surface area contributed by atoms with Crippen molar-refractivity contribution in [2.75, 3.05) is 32.8 Å². The fourth-order valence-corrected chi connectivity index (χ4v) is 5.18. The van der Waals surface area contributed by atoms with Crippen molar-refractivity contribution in [2.45, 2.75) is 168 Å². The first-order valence-corrected chi connectivity index (χ1v) is 18.2. The Morgan fingerprint density at radius 2 is 1.00 bits per heavy atom. The summed E-state index contributed by atoms with van der Waals surface area (Å²) in [4.78, 5) is 14.5. The van der Waals surface area contributed by atoms with Gasteiger partial charge in [0.05, 0.1) is 0 Å². The number of aliphatic hydroxyl groups excluding tert-OH is 1. The maximum atomic E-state index is 12.0. The van der Waals surface area contributed by atoms with Gasteiger partial charge >= 0.3 is 5.97 Å². The molecular weight excluding hydrogens is 518 g/mol. The normalized spacial score (nSPS) is 12.1. The Morgan fingerprint density at radius 3 is 1.60 bits per heavy atom. The van der Waals surface area contributed by atoms with Crippen LogP contribution in [0.5, 0.6) is 0 Å². The van der Waals surface area contributed by atoms with Crippen LogP contribution in [0.1, 0.15) is 168 Å². The van der Waals surface area contributed by atoms with Crippen molar-refractivity contribution in [1.82, 2.24) is 4.90 Å². The fraction of sp³-hybridized carbons (Fsp3) is 0.816. The van der Waals surface area contributed by atoms with E-state index in [1.54, 1.807) is 0 Å². The summed E-state index contributed by atoms with van der Waals surface area (Å²) >= 11 is 0. The van der Waals surface area contributed by atoms with E-state index in [1.807, 2.05) is 6.08 Å². The van der Waals surface area contributed by atoms with Gasteiger partial charge in [0, 0.05) is 19.6 Å². The molecule has 0 heterocycles. The zero-order valence-corrected chi connectivity index (χ0v) is 28.2. The molecule has 0 saturated carbocycles. The number of esters is 1. The van der Waals surface area contributed by atoms with Gasteiger partial charge in [-0.15, -0.1) is 0 Å². The second kappa shape index (κ2) is 35.8. The van der Waals surface area contributed by atoms with Gasteiger partial charge in [0.2, 0.25) is 0 Å². The summed E-state index contributed by atoms with van der Waals surface area (Å²) in [5.74, 6) is -0.0716. The summed E-state index contributed by atoms with van der Waals surface area (Å²) in [6.45, 7) is 8.35. The highest BCUT2D eigenvalue weighted by molar-refractivity contribution is 5.69. The number of unbranched alkanes of at least 4 members (excludes halogenated alkanes) is 17. The number of ether oxygens (including phenoxy) is 1. The summed E-state index contributed by atoms with van der Waals surface area (Å²) in [7, 11) is 0. The Morgan fingerprint density at radius 1 is 0.548 bits per heavy atom. The minimum absolute atomic E-state index is 0.0716. The Balaban J connectivity index is 3.69. The van der Waals surface area contributed by atoms with Gasteiger partial charge in [0.15, 0.2) is 0 Å². The maximum absolute atomic E-state index is 12.0. The average Bonchev–Trinajstić information content (AvgIpc) is 2.99. The molecule has 4 nitrogen and oxygen atoms in total. The second-order valence-electron chi connectivity index (χ2n) is 12.0. The minimum Gasteiger partial charge on any atom is -0.461 e. The van der Waals surface area contributed by atoms with Gasteiger partial charge in [-0.25, -0.2) is 0 Å². The van der Waals surface area contributed by atoms with E-state index in [0.29, 0.717) is 13.0 Å². The van der Waals surface area contributed by atoms with Crippen molar-refractivity contribution in [3.63, 3.8) is 0 Å². The molecule has 0 saturated heterocycles. The Bertz CT molecular complexity index is 628. The highest BCUT2D eigenvalue weighted by Gasteiger charge is 2.06. The van der Waals surface area contributed by atoms with Crippen molar-refractivity contribution in [2.24, 2.45) is 0 Å². The van der Waals surface area contributed by atoms with Gasteiger partial charge in [0.1, 0.15) is 6.61 Å². The maximum Gasteiger partial charge on any atom is 0.306 e. The molecule has 0 aromatic heterocycles. The van der Waals surface area contributed by atoms with E-state index in [0.717, 1.165) is 58.2 Å². The van der Waals surface area contributed by atoms with E-state index >= 15 is 0 Å². The summed E-state index contributed by atoms with van der Waals surface area (Å²) in [5.41, 5.74) is 0. The van der Waals surface area contributed by atoms with Crippen LogP contribution in [0.4, 0.5) is 0 Å². The quantitative estimate of drug-likeness (QED) is 0.0470. The van der Waals surface area contributed by atoms with Crippen LogP contribution in [0.25, 0.3) is 0 Å². The molecule has 42 heavy (non-hydrogen) atoms. The number of rotatable bonds is 33. The molecule has 0 bridgehead atoms. The Labute approximate surface area is 262 Å². The minimum atomic E-state index is -0.0716. The van der Waals surface area contributed by atoms with Crippen LogP contribution in [0.15, 0.2) is 36.5 Å². The number of allylic oxidation sites excluding steroid dienone is 5. The first-order valence-electron chi connectivity index (χ1n) is 18.2. The number of hydrogen-bond donors (Lipinski definition) is 1. The van der Waals surface area contributed by atoms with E-state index < -0.39 is 0 Å². The van der Waals surface area contributed by atoms with Gasteiger partial charge in [-0.05, 0) is 83.7 Å². The molecule has 0 fully saturated rings. The summed E-state index contributed by atoms with van der Waals surface area (Å²) in [5, 5.41) is 9.28. The largest absolute Gasteiger partial charge is 0.461 e. The van der Waals surface area contributed by atoms with E-state index in [-0.39, 0.29) is 12.6 Å². The topological polar surface area (TPSA) is 49.8 Å². The van der Waals surface area contributed by atoms with Crippen LogP contribution in [0, 0.1) is 0 Å². The molecule has 0 amide bonds. The van der Waals surface area contributed by atoms with Crippen molar-refractivity contribution >= 4 is 5.97 Å². The first-order chi connectivity index (χ1) is 20.7. The van der Waals surface area contributed by atoms with Crippen LogP contribution in [0.2, 0.25) is 0 Å². The fourth-order valence-electron chi connectivity index (χ4n) is 5.18. The van der Waals surface area contributed by atoms with Crippen LogP contribution in [0.3, 0.4) is 0 Å². The smallest absolute Gasteiger partial charge is 0.306 e. The number of nitrogens with zero attached hydrogens (tertiary/aromatic N) is 1. The molecule has 0 aliphatic carbocycles. The molecule has 0 rings (SSSR count). The number of aliphatic hydroxyl groups is 1. The lowest BCUT2D eigenvalue weighted by molar-refractivity contribution is -0.142. The first kappa shape index (κ1) is 40.6. The summed E-state index contributed by atoms with van der Waals surface area (Å²) in [6, 6.07) is 0. The van der Waals surface area contributed by atoms with Crippen LogP contribution in [-0.2, 0) is 9.53 Å². The Kier molecular flexibility index (Phi) is 34.6. The average molecular weight is 590 g/mol. The predicted molar refractivity (Wildman–Crippen MR) is 184 cm³/mol. The van der Waals surface area contributed by atoms with Gasteiger partial charge in [-0.1, -0.05) is 127 Å². The Hall–Kier alpha value is -1.39. The van der Waals surface area contributed by atoms with Crippen LogP contribution in [-0.4, -0.2) is 48.8 Å². The SMILES string of the molecule is CCCCC/C=C\C/C=C\CCCCCCCCN(CCCO)CCCCCC(=O)OC/C=C\CCCCCCCC. The molecule has 246 valence electrons. The zero-order chi connectivity index (χ0) is 30.6. The molecule has 4 heteroatoms. The lowest BCUT2D eigenvalue weighted by Gasteiger charge is -2.22. The highest BCUT2D eigenvalue weighted by atomic mass is 16.5. The zero-order valence-electron chi connectivity index (χ0n) is 28.2. The van der Waals surface area contributed by atoms with Crippen LogP contribution >= 0.6 is 0 Å². The van der Waals surface area contributed by atoms with Gasteiger partial charge in [-0.2, -0.15) is 0 Å². The predicted octanol–water partition coefficient (Wildman–Crippen LogP) is 10.9. The van der Waals surface area contributed by atoms with E-state index in [2.05, 4.69) is 49.1 Å². The summed E-state index contributed by atoms with van der Waals surface area (Å²) in [6.07, 6.45) is 42.3. The van der Waals surface area contributed by atoms with Crippen molar-refractivity contribution in [3.05, 3.63) is 36.5 Å². The van der Waals surface area contributed by atoms with E-state index in [9.17, 15) is 9.90 Å². The number of carbonyl (C=O) groups is 1. The lowest BCUT2D eigenvalue weighted by atomic mass is 10.1. The highest BCUT2D eigenvalue weighted by Crippen LogP contribution is 2.11. The standard InChI is InChI=1S/C38H71NO3/c1-3-5-7-9-11-13-14-15-16-17-18-19-20-22-24-28-33-39(35-31-36-40)34-29-26-27-32-38(41)42-37-30-25-23-21-12-10-8-6-4-2/h11,13,15-16,25,30,40H,3-10,12,14,17-24,26-29,31-37H2,1-2H3/b13-11-,16-15-,30-25-. The molecule has 0 aromatic carbocycles. The van der Waals surface area contributed by atoms with Gasteiger partial charge in [-0.3, -0.25) is 4.79 Å². The molecule has 0 unspecified atom stereocenters. The number of hydrogen-bond acceptors (Lipinski definition) is 4.